The lowest BCUT2D eigenvalue weighted by molar-refractivity contribution is 0.0857. The maximum Gasteiger partial charge on any atom is 0.261 e. The lowest BCUT2D eigenvalue weighted by Crippen LogP contribution is -2.31. The molecule has 0 bridgehead atoms. The summed E-state index contributed by atoms with van der Waals surface area (Å²) in [5.41, 5.74) is 3.03. The standard InChI is InChI=1S/C20H24N2O4S/c1-14-5-8-17(12-15(14)2)22-27(24,25)19-9-6-16(7-10-19)20(23)21-13-18-4-3-11-26-18/h5-10,12,18,22H,3-4,11,13H2,1-2H3,(H,21,23)/t18-/m0/s1. The number of amides is 1. The summed E-state index contributed by atoms with van der Waals surface area (Å²) in [6.07, 6.45) is 2.03. The average molecular weight is 388 g/mol. The maximum atomic E-state index is 12.6. The van der Waals surface area contributed by atoms with Gasteiger partial charge in [-0.2, -0.15) is 0 Å². The first kappa shape index (κ1) is 19.4. The van der Waals surface area contributed by atoms with E-state index in [0.717, 1.165) is 30.6 Å². The largest absolute Gasteiger partial charge is 0.376 e. The topological polar surface area (TPSA) is 84.5 Å². The molecule has 0 spiro atoms. The zero-order valence-electron chi connectivity index (χ0n) is 15.5. The number of benzene rings is 2. The Kier molecular flexibility index (Phi) is 5.82. The van der Waals surface area contributed by atoms with E-state index in [1.165, 1.54) is 24.3 Å². The van der Waals surface area contributed by atoms with E-state index in [4.69, 9.17) is 4.74 Å². The van der Waals surface area contributed by atoms with Gasteiger partial charge >= 0.3 is 0 Å². The van der Waals surface area contributed by atoms with Crippen LogP contribution in [0, 0.1) is 13.8 Å². The number of carbonyl (C=O) groups is 1. The Morgan fingerprint density at radius 2 is 1.85 bits per heavy atom. The van der Waals surface area contributed by atoms with Gasteiger partial charge in [0.15, 0.2) is 0 Å². The fourth-order valence-electron chi connectivity index (χ4n) is 2.92. The van der Waals surface area contributed by atoms with Crippen molar-refractivity contribution in [2.75, 3.05) is 17.9 Å². The van der Waals surface area contributed by atoms with E-state index in [1.54, 1.807) is 12.1 Å². The van der Waals surface area contributed by atoms with Gasteiger partial charge < -0.3 is 10.1 Å². The van der Waals surface area contributed by atoms with Gasteiger partial charge in [0.05, 0.1) is 11.0 Å². The number of anilines is 1. The summed E-state index contributed by atoms with van der Waals surface area (Å²) in [7, 11) is -3.71. The monoisotopic (exact) mass is 388 g/mol. The fourth-order valence-corrected chi connectivity index (χ4v) is 3.97. The predicted octanol–water partition coefficient (Wildman–Crippen LogP) is 3.01. The molecule has 2 aromatic rings. The van der Waals surface area contributed by atoms with Gasteiger partial charge in [-0.3, -0.25) is 9.52 Å². The summed E-state index contributed by atoms with van der Waals surface area (Å²) < 4.78 is 33.1. The molecule has 3 rings (SSSR count). The summed E-state index contributed by atoms with van der Waals surface area (Å²) in [6, 6.07) is 11.3. The molecule has 144 valence electrons. The van der Waals surface area contributed by atoms with Crippen molar-refractivity contribution in [3.63, 3.8) is 0 Å². The lowest BCUT2D eigenvalue weighted by atomic mass is 10.1. The number of rotatable bonds is 6. The Morgan fingerprint density at radius 3 is 2.48 bits per heavy atom. The van der Waals surface area contributed by atoms with E-state index in [1.807, 2.05) is 19.9 Å². The van der Waals surface area contributed by atoms with Gasteiger partial charge in [0.1, 0.15) is 0 Å². The van der Waals surface area contributed by atoms with Crippen molar-refractivity contribution >= 4 is 21.6 Å². The number of nitrogens with one attached hydrogen (secondary N) is 2. The van der Waals surface area contributed by atoms with Gasteiger partial charge in [-0.05, 0) is 74.2 Å². The van der Waals surface area contributed by atoms with Gasteiger partial charge in [-0.25, -0.2) is 8.42 Å². The first-order chi connectivity index (χ1) is 12.8. The lowest BCUT2D eigenvalue weighted by Gasteiger charge is -2.12. The highest BCUT2D eigenvalue weighted by molar-refractivity contribution is 7.92. The number of aryl methyl sites for hydroxylation is 2. The third-order valence-electron chi connectivity index (χ3n) is 4.70. The van der Waals surface area contributed by atoms with Crippen molar-refractivity contribution in [3.05, 3.63) is 59.2 Å². The van der Waals surface area contributed by atoms with Crippen molar-refractivity contribution in [3.8, 4) is 0 Å². The minimum atomic E-state index is -3.71. The van der Waals surface area contributed by atoms with Crippen LogP contribution in [0.15, 0.2) is 47.4 Å². The second kappa shape index (κ2) is 8.10. The van der Waals surface area contributed by atoms with Crippen molar-refractivity contribution < 1.29 is 17.9 Å². The summed E-state index contributed by atoms with van der Waals surface area (Å²) >= 11 is 0. The van der Waals surface area contributed by atoms with Crippen LogP contribution in [0.1, 0.15) is 34.3 Å². The summed E-state index contributed by atoms with van der Waals surface area (Å²) in [4.78, 5) is 12.3. The van der Waals surface area contributed by atoms with E-state index in [0.29, 0.717) is 17.8 Å². The molecule has 1 aliphatic rings. The minimum absolute atomic E-state index is 0.0655. The quantitative estimate of drug-likeness (QED) is 0.797. The highest BCUT2D eigenvalue weighted by atomic mass is 32.2. The third kappa shape index (κ3) is 4.87. The van der Waals surface area contributed by atoms with E-state index in [9.17, 15) is 13.2 Å². The van der Waals surface area contributed by atoms with Crippen molar-refractivity contribution in [2.24, 2.45) is 0 Å². The summed E-state index contributed by atoms with van der Waals surface area (Å²) in [6.45, 7) is 5.10. The minimum Gasteiger partial charge on any atom is -0.376 e. The third-order valence-corrected chi connectivity index (χ3v) is 6.10. The smallest absolute Gasteiger partial charge is 0.261 e. The van der Waals surface area contributed by atoms with Crippen LogP contribution < -0.4 is 10.0 Å². The number of ether oxygens (including phenoxy) is 1. The number of carbonyl (C=O) groups excluding carboxylic acids is 1. The van der Waals surface area contributed by atoms with Crippen LogP contribution in [0.4, 0.5) is 5.69 Å². The van der Waals surface area contributed by atoms with Crippen LogP contribution in [0.3, 0.4) is 0 Å². The molecule has 1 saturated heterocycles. The zero-order valence-corrected chi connectivity index (χ0v) is 16.3. The molecule has 0 saturated carbocycles. The first-order valence-electron chi connectivity index (χ1n) is 8.95. The van der Waals surface area contributed by atoms with Crippen LogP contribution in [-0.4, -0.2) is 33.6 Å². The second-order valence-corrected chi connectivity index (χ2v) is 8.46. The SMILES string of the molecule is Cc1ccc(NS(=O)(=O)c2ccc(C(=O)NC[C@@H]3CCCO3)cc2)cc1C. The molecular weight excluding hydrogens is 364 g/mol. The number of sulfonamides is 1. The molecule has 1 atom stereocenters. The second-order valence-electron chi connectivity index (χ2n) is 6.77. The van der Waals surface area contributed by atoms with Crippen molar-refractivity contribution in [2.45, 2.75) is 37.7 Å². The van der Waals surface area contributed by atoms with Gasteiger partial charge in [0, 0.05) is 24.4 Å². The Labute approximate surface area is 160 Å². The van der Waals surface area contributed by atoms with E-state index < -0.39 is 10.0 Å². The van der Waals surface area contributed by atoms with Crippen LogP contribution in [-0.2, 0) is 14.8 Å². The molecule has 6 nitrogen and oxygen atoms in total. The molecule has 1 heterocycles. The van der Waals surface area contributed by atoms with Crippen LogP contribution in [0.5, 0.6) is 0 Å². The molecule has 1 aliphatic heterocycles. The molecule has 0 radical (unpaired) electrons. The Bertz CT molecular complexity index is 917. The average Bonchev–Trinajstić information content (AvgIpc) is 3.16. The van der Waals surface area contributed by atoms with Gasteiger partial charge in [-0.15, -0.1) is 0 Å². The molecule has 0 aromatic heterocycles. The molecule has 1 fully saturated rings. The van der Waals surface area contributed by atoms with Crippen molar-refractivity contribution in [1.82, 2.24) is 5.32 Å². The fraction of sp³-hybridized carbons (Fsp3) is 0.350. The van der Waals surface area contributed by atoms with Gasteiger partial charge in [0.25, 0.3) is 15.9 Å². The first-order valence-corrected chi connectivity index (χ1v) is 10.4. The van der Waals surface area contributed by atoms with Crippen LogP contribution >= 0.6 is 0 Å². The molecule has 0 unspecified atom stereocenters. The van der Waals surface area contributed by atoms with E-state index in [2.05, 4.69) is 10.0 Å². The number of hydrogen-bond acceptors (Lipinski definition) is 4. The highest BCUT2D eigenvalue weighted by Gasteiger charge is 2.18. The Morgan fingerprint density at radius 1 is 1.11 bits per heavy atom. The summed E-state index contributed by atoms with van der Waals surface area (Å²) in [5, 5.41) is 2.82. The number of hydrogen-bond donors (Lipinski definition) is 2. The molecule has 1 amide bonds. The molecular formula is C20H24N2O4S. The summed E-state index contributed by atoms with van der Waals surface area (Å²) in [5.74, 6) is -0.239. The highest BCUT2D eigenvalue weighted by Crippen LogP contribution is 2.19. The predicted molar refractivity (Wildman–Crippen MR) is 104 cm³/mol. The van der Waals surface area contributed by atoms with Crippen molar-refractivity contribution in [1.29, 1.82) is 0 Å². The maximum absolute atomic E-state index is 12.6. The molecule has 27 heavy (non-hydrogen) atoms. The zero-order chi connectivity index (χ0) is 19.4. The van der Waals surface area contributed by atoms with Crippen LogP contribution in [0.2, 0.25) is 0 Å². The van der Waals surface area contributed by atoms with Gasteiger partial charge in [0.2, 0.25) is 0 Å². The Balaban J connectivity index is 1.65. The molecule has 2 N–H and O–H groups in total. The normalized spacial score (nSPS) is 16.9. The molecule has 2 aromatic carbocycles. The van der Waals surface area contributed by atoms with E-state index in [-0.39, 0.29) is 16.9 Å². The molecule has 7 heteroatoms. The van der Waals surface area contributed by atoms with E-state index >= 15 is 0 Å². The Hall–Kier alpha value is -2.38. The van der Waals surface area contributed by atoms with Crippen LogP contribution in [0.25, 0.3) is 0 Å². The van der Waals surface area contributed by atoms with Gasteiger partial charge in [-0.1, -0.05) is 6.07 Å². The molecule has 0 aliphatic carbocycles.